The number of likely N-dealkylation sites (tertiary alicyclic amines) is 1. The van der Waals surface area contributed by atoms with Gasteiger partial charge in [-0.3, -0.25) is 4.79 Å². The van der Waals surface area contributed by atoms with Crippen LogP contribution in [-0.2, 0) is 14.8 Å². The number of ether oxygens (including phenoxy) is 2. The molecule has 0 aromatic carbocycles. The van der Waals surface area contributed by atoms with E-state index in [4.69, 9.17) is 14.0 Å². The summed E-state index contributed by atoms with van der Waals surface area (Å²) in [6.45, 7) is 5.32. The van der Waals surface area contributed by atoms with Gasteiger partial charge in [0, 0.05) is 31.6 Å². The highest BCUT2D eigenvalue weighted by atomic mass is 32.2. The maximum atomic E-state index is 13.4. The Labute approximate surface area is 196 Å². The standard InChI is InChI=1S/C21H27N3O7S2/c1-13-16(14(2)31-22-13)18(25)23-8-5-21(6-9-23)7-10-24(12-21)33(27,28)20-17(29-3)15(11-32-20)19(26)30-4/h11H,5-10,12H2,1-4H3. The second-order valence-electron chi connectivity index (χ2n) is 8.54. The molecule has 1 spiro atoms. The summed E-state index contributed by atoms with van der Waals surface area (Å²) in [6, 6.07) is 0. The number of esters is 1. The van der Waals surface area contributed by atoms with E-state index in [0.717, 1.165) is 17.8 Å². The summed E-state index contributed by atoms with van der Waals surface area (Å²) in [7, 11) is -1.26. The number of aromatic nitrogens is 1. The number of carbonyl (C=O) groups excluding carboxylic acids is 2. The van der Waals surface area contributed by atoms with Crippen molar-refractivity contribution in [1.82, 2.24) is 14.4 Å². The molecule has 1 amide bonds. The lowest BCUT2D eigenvalue weighted by molar-refractivity contribution is 0.0588. The van der Waals surface area contributed by atoms with Crippen LogP contribution in [0.3, 0.4) is 0 Å². The minimum atomic E-state index is -3.84. The Morgan fingerprint density at radius 2 is 1.82 bits per heavy atom. The van der Waals surface area contributed by atoms with E-state index in [9.17, 15) is 18.0 Å². The van der Waals surface area contributed by atoms with Crippen molar-refractivity contribution in [2.24, 2.45) is 5.41 Å². The fourth-order valence-electron chi connectivity index (χ4n) is 4.71. The Morgan fingerprint density at radius 3 is 2.39 bits per heavy atom. The van der Waals surface area contributed by atoms with Crippen LogP contribution in [0.1, 0.15) is 51.4 Å². The van der Waals surface area contributed by atoms with Crippen molar-refractivity contribution < 1.29 is 32.0 Å². The summed E-state index contributed by atoms with van der Waals surface area (Å²) in [6.07, 6.45) is 2.14. The van der Waals surface area contributed by atoms with Gasteiger partial charge in [0.2, 0.25) is 0 Å². The van der Waals surface area contributed by atoms with Gasteiger partial charge in [-0.15, -0.1) is 11.3 Å². The summed E-state index contributed by atoms with van der Waals surface area (Å²) in [5.74, 6) is -0.208. The lowest BCUT2D eigenvalue weighted by atomic mass is 9.78. The third kappa shape index (κ3) is 4.04. The monoisotopic (exact) mass is 497 g/mol. The first kappa shape index (κ1) is 23.7. The molecule has 0 radical (unpaired) electrons. The van der Waals surface area contributed by atoms with Gasteiger partial charge in [0.15, 0.2) is 9.96 Å². The first-order valence-corrected chi connectivity index (χ1v) is 12.9. The predicted octanol–water partition coefficient (Wildman–Crippen LogP) is 2.47. The van der Waals surface area contributed by atoms with Crippen LogP contribution in [0.15, 0.2) is 14.1 Å². The van der Waals surface area contributed by atoms with Crippen molar-refractivity contribution in [1.29, 1.82) is 0 Å². The van der Waals surface area contributed by atoms with Gasteiger partial charge >= 0.3 is 5.97 Å². The van der Waals surface area contributed by atoms with Gasteiger partial charge in [-0.1, -0.05) is 5.16 Å². The van der Waals surface area contributed by atoms with Crippen LogP contribution >= 0.6 is 11.3 Å². The van der Waals surface area contributed by atoms with E-state index >= 15 is 0 Å². The van der Waals surface area contributed by atoms with E-state index in [1.165, 1.54) is 23.9 Å². The molecule has 33 heavy (non-hydrogen) atoms. The maximum absolute atomic E-state index is 13.4. The van der Waals surface area contributed by atoms with E-state index < -0.39 is 16.0 Å². The number of thiophene rings is 1. The Morgan fingerprint density at radius 1 is 1.15 bits per heavy atom. The first-order valence-electron chi connectivity index (χ1n) is 10.6. The number of sulfonamides is 1. The summed E-state index contributed by atoms with van der Waals surface area (Å²) in [5.41, 5.74) is 1.00. The smallest absolute Gasteiger partial charge is 0.342 e. The summed E-state index contributed by atoms with van der Waals surface area (Å²) in [4.78, 5) is 26.7. The van der Waals surface area contributed by atoms with Crippen LogP contribution in [0.25, 0.3) is 0 Å². The molecule has 2 aliphatic rings. The molecule has 4 heterocycles. The molecule has 2 fully saturated rings. The van der Waals surface area contributed by atoms with Crippen LogP contribution < -0.4 is 4.74 Å². The fraction of sp³-hybridized carbons (Fsp3) is 0.571. The number of rotatable bonds is 5. The zero-order valence-corrected chi connectivity index (χ0v) is 20.7. The number of hydrogen-bond acceptors (Lipinski definition) is 9. The molecule has 2 aromatic heterocycles. The number of amides is 1. The molecule has 2 aliphatic heterocycles. The Balaban J connectivity index is 1.47. The minimum absolute atomic E-state index is 0.00784. The molecule has 0 bridgehead atoms. The zero-order valence-electron chi connectivity index (χ0n) is 19.0. The fourth-order valence-corrected chi connectivity index (χ4v) is 7.82. The second-order valence-corrected chi connectivity index (χ2v) is 11.6. The molecule has 4 rings (SSSR count). The third-order valence-corrected chi connectivity index (χ3v) is 9.98. The van der Waals surface area contributed by atoms with Crippen molar-refractivity contribution in [3.63, 3.8) is 0 Å². The van der Waals surface area contributed by atoms with Crippen LogP contribution in [-0.4, -0.2) is 75.1 Å². The number of methoxy groups -OCH3 is 2. The number of nitrogens with zero attached hydrogens (tertiary/aromatic N) is 3. The van der Waals surface area contributed by atoms with E-state index in [1.54, 1.807) is 18.7 Å². The maximum Gasteiger partial charge on any atom is 0.342 e. The van der Waals surface area contributed by atoms with Gasteiger partial charge in [-0.2, -0.15) is 4.31 Å². The topological polar surface area (TPSA) is 119 Å². The first-order chi connectivity index (χ1) is 15.6. The van der Waals surface area contributed by atoms with Crippen molar-refractivity contribution in [2.75, 3.05) is 40.4 Å². The molecule has 180 valence electrons. The molecular formula is C21H27N3O7S2. The molecule has 0 atom stereocenters. The highest BCUT2D eigenvalue weighted by Crippen LogP contribution is 2.45. The van der Waals surface area contributed by atoms with Gasteiger partial charge in [0.05, 0.1) is 19.9 Å². The molecule has 0 N–H and O–H groups in total. The van der Waals surface area contributed by atoms with Gasteiger partial charge in [-0.25, -0.2) is 13.2 Å². The molecule has 0 saturated carbocycles. The molecule has 0 unspecified atom stereocenters. The largest absolute Gasteiger partial charge is 0.494 e. The van der Waals surface area contributed by atoms with Gasteiger partial charge < -0.3 is 18.9 Å². The molecule has 10 nitrogen and oxygen atoms in total. The Hall–Kier alpha value is -2.44. The number of hydrogen-bond donors (Lipinski definition) is 0. The summed E-state index contributed by atoms with van der Waals surface area (Å²) in [5, 5.41) is 5.31. The normalized spacial score (nSPS) is 18.6. The van der Waals surface area contributed by atoms with Gasteiger partial charge in [0.25, 0.3) is 15.9 Å². The highest BCUT2D eigenvalue weighted by molar-refractivity contribution is 7.91. The number of carbonyl (C=O) groups is 2. The van der Waals surface area contributed by atoms with Gasteiger partial charge in [0.1, 0.15) is 16.9 Å². The van der Waals surface area contributed by atoms with E-state index in [1.807, 2.05) is 0 Å². The average Bonchev–Trinajstić information content (AvgIpc) is 3.51. The highest BCUT2D eigenvalue weighted by Gasteiger charge is 2.46. The Kier molecular flexibility index (Phi) is 6.27. The zero-order chi connectivity index (χ0) is 24.0. The molecule has 12 heteroatoms. The van der Waals surface area contributed by atoms with Crippen LogP contribution in [0.2, 0.25) is 0 Å². The number of piperidine rings is 1. The Bertz CT molecular complexity index is 1160. The third-order valence-electron chi connectivity index (χ3n) is 6.66. The quantitative estimate of drug-likeness (QED) is 0.578. The van der Waals surface area contributed by atoms with Crippen LogP contribution in [0.4, 0.5) is 0 Å². The molecule has 2 saturated heterocycles. The van der Waals surface area contributed by atoms with Gasteiger partial charge in [-0.05, 0) is 38.5 Å². The summed E-state index contributed by atoms with van der Waals surface area (Å²) < 4.78 is 43.4. The minimum Gasteiger partial charge on any atom is -0.494 e. The number of aryl methyl sites for hydroxylation is 2. The lowest BCUT2D eigenvalue weighted by Gasteiger charge is -2.39. The summed E-state index contributed by atoms with van der Waals surface area (Å²) >= 11 is 0.956. The second kappa shape index (κ2) is 8.73. The van der Waals surface area contributed by atoms with E-state index in [-0.39, 0.29) is 26.8 Å². The molecule has 2 aromatic rings. The van der Waals surface area contributed by atoms with Crippen molar-refractivity contribution in [3.8, 4) is 5.75 Å². The lowest BCUT2D eigenvalue weighted by Crippen LogP contribution is -2.44. The predicted molar refractivity (Wildman–Crippen MR) is 119 cm³/mol. The van der Waals surface area contributed by atoms with E-state index in [0.29, 0.717) is 56.0 Å². The van der Waals surface area contributed by atoms with E-state index in [2.05, 4.69) is 5.16 Å². The van der Waals surface area contributed by atoms with Crippen molar-refractivity contribution >= 4 is 33.2 Å². The van der Waals surface area contributed by atoms with Crippen LogP contribution in [0.5, 0.6) is 5.75 Å². The SMILES string of the molecule is COC(=O)c1csc(S(=O)(=O)N2CCC3(CCN(C(=O)c4c(C)noc4C)CC3)C2)c1OC. The molecular weight excluding hydrogens is 470 g/mol. The van der Waals surface area contributed by atoms with Crippen molar-refractivity contribution in [2.45, 2.75) is 37.3 Å². The molecule has 0 aliphatic carbocycles. The van der Waals surface area contributed by atoms with Crippen molar-refractivity contribution in [3.05, 3.63) is 28.0 Å². The average molecular weight is 498 g/mol. The van der Waals surface area contributed by atoms with Crippen LogP contribution in [0, 0.1) is 19.3 Å².